The SMILES string of the molecule is O=C(Nc1cccc(Cn2cncn2)c1)c1cc2cc(Cl)ccc2o1. The van der Waals surface area contributed by atoms with Gasteiger partial charge in [-0.15, -0.1) is 0 Å². The first-order valence-corrected chi connectivity index (χ1v) is 7.97. The van der Waals surface area contributed by atoms with Crippen molar-refractivity contribution in [2.45, 2.75) is 6.54 Å². The van der Waals surface area contributed by atoms with Crippen molar-refractivity contribution in [3.05, 3.63) is 77.5 Å². The zero-order valence-corrected chi connectivity index (χ0v) is 13.8. The molecule has 2 aromatic carbocycles. The molecule has 0 saturated carbocycles. The van der Waals surface area contributed by atoms with Gasteiger partial charge < -0.3 is 9.73 Å². The number of furan rings is 1. The monoisotopic (exact) mass is 352 g/mol. The van der Waals surface area contributed by atoms with E-state index in [0.717, 1.165) is 10.9 Å². The fourth-order valence-corrected chi connectivity index (χ4v) is 2.75. The number of rotatable bonds is 4. The van der Waals surface area contributed by atoms with Gasteiger partial charge in [0.1, 0.15) is 18.2 Å². The lowest BCUT2D eigenvalue weighted by Crippen LogP contribution is -2.11. The van der Waals surface area contributed by atoms with Crippen LogP contribution in [0.3, 0.4) is 0 Å². The minimum Gasteiger partial charge on any atom is -0.451 e. The van der Waals surface area contributed by atoms with E-state index in [-0.39, 0.29) is 11.7 Å². The zero-order valence-electron chi connectivity index (χ0n) is 13.0. The van der Waals surface area contributed by atoms with Crippen LogP contribution in [-0.2, 0) is 6.54 Å². The van der Waals surface area contributed by atoms with Gasteiger partial charge in [0.15, 0.2) is 5.76 Å². The van der Waals surface area contributed by atoms with Gasteiger partial charge >= 0.3 is 0 Å². The lowest BCUT2D eigenvalue weighted by Gasteiger charge is -2.06. The summed E-state index contributed by atoms with van der Waals surface area (Å²) in [6.45, 7) is 0.576. The molecule has 7 heteroatoms. The smallest absolute Gasteiger partial charge is 0.291 e. The van der Waals surface area contributed by atoms with Gasteiger partial charge in [-0.05, 0) is 42.0 Å². The summed E-state index contributed by atoms with van der Waals surface area (Å²) >= 11 is 5.96. The molecule has 0 unspecified atom stereocenters. The van der Waals surface area contributed by atoms with Gasteiger partial charge in [0.2, 0.25) is 0 Å². The first-order chi connectivity index (χ1) is 12.2. The molecule has 0 bridgehead atoms. The Labute approximate surface area is 148 Å². The largest absolute Gasteiger partial charge is 0.451 e. The normalized spacial score (nSPS) is 10.9. The number of carbonyl (C=O) groups excluding carboxylic acids is 1. The second kappa shape index (κ2) is 6.41. The van der Waals surface area contributed by atoms with Crippen LogP contribution in [0, 0.1) is 0 Å². The van der Waals surface area contributed by atoms with Crippen molar-refractivity contribution in [1.29, 1.82) is 0 Å². The quantitative estimate of drug-likeness (QED) is 0.603. The van der Waals surface area contributed by atoms with Gasteiger partial charge in [0.25, 0.3) is 5.91 Å². The van der Waals surface area contributed by atoms with Crippen LogP contribution in [-0.4, -0.2) is 20.7 Å². The second-order valence-corrected chi connectivity index (χ2v) is 5.98. The van der Waals surface area contributed by atoms with Crippen LogP contribution in [0.15, 0.2) is 65.6 Å². The molecule has 0 fully saturated rings. The molecule has 4 rings (SSSR count). The Kier molecular flexibility index (Phi) is 3.95. The van der Waals surface area contributed by atoms with E-state index < -0.39 is 0 Å². The number of nitrogens with zero attached hydrogens (tertiary/aromatic N) is 3. The molecule has 0 saturated heterocycles. The van der Waals surface area contributed by atoms with E-state index >= 15 is 0 Å². The highest BCUT2D eigenvalue weighted by Crippen LogP contribution is 2.23. The van der Waals surface area contributed by atoms with Gasteiger partial charge in [0.05, 0.1) is 6.54 Å². The van der Waals surface area contributed by atoms with E-state index in [1.54, 1.807) is 35.3 Å². The molecule has 124 valence electrons. The van der Waals surface area contributed by atoms with Gasteiger partial charge in [-0.3, -0.25) is 4.79 Å². The number of hydrogen-bond donors (Lipinski definition) is 1. The number of anilines is 1. The fourth-order valence-electron chi connectivity index (χ4n) is 2.57. The van der Waals surface area contributed by atoms with Crippen molar-refractivity contribution in [1.82, 2.24) is 14.8 Å². The average Bonchev–Trinajstić information content (AvgIpc) is 3.24. The van der Waals surface area contributed by atoms with E-state index in [1.165, 1.54) is 6.33 Å². The van der Waals surface area contributed by atoms with Crippen LogP contribution < -0.4 is 5.32 Å². The molecule has 25 heavy (non-hydrogen) atoms. The van der Waals surface area contributed by atoms with Crippen molar-refractivity contribution in [2.75, 3.05) is 5.32 Å². The van der Waals surface area contributed by atoms with Crippen molar-refractivity contribution in [3.8, 4) is 0 Å². The summed E-state index contributed by atoms with van der Waals surface area (Å²) in [5.41, 5.74) is 2.30. The predicted molar refractivity (Wildman–Crippen MR) is 94.7 cm³/mol. The third-order valence-corrected chi connectivity index (χ3v) is 3.93. The van der Waals surface area contributed by atoms with Crippen LogP contribution in [0.1, 0.15) is 16.1 Å². The molecule has 0 radical (unpaired) electrons. The topological polar surface area (TPSA) is 73.0 Å². The third kappa shape index (κ3) is 3.39. The number of benzene rings is 2. The molecule has 0 aliphatic carbocycles. The van der Waals surface area contributed by atoms with Gasteiger partial charge in [-0.25, -0.2) is 9.67 Å². The maximum Gasteiger partial charge on any atom is 0.291 e. The van der Waals surface area contributed by atoms with Crippen molar-refractivity contribution < 1.29 is 9.21 Å². The molecule has 2 heterocycles. The van der Waals surface area contributed by atoms with E-state index in [0.29, 0.717) is 22.8 Å². The first-order valence-electron chi connectivity index (χ1n) is 7.59. The van der Waals surface area contributed by atoms with Crippen LogP contribution in [0.4, 0.5) is 5.69 Å². The zero-order chi connectivity index (χ0) is 17.2. The van der Waals surface area contributed by atoms with Gasteiger partial charge in [-0.2, -0.15) is 5.10 Å². The number of hydrogen-bond acceptors (Lipinski definition) is 4. The summed E-state index contributed by atoms with van der Waals surface area (Å²) in [6, 6.07) is 14.4. The molecule has 1 N–H and O–H groups in total. The Bertz CT molecular complexity index is 1040. The minimum atomic E-state index is -0.315. The molecule has 4 aromatic rings. The number of amides is 1. The summed E-state index contributed by atoms with van der Waals surface area (Å²) in [5.74, 6) is -0.0795. The Morgan fingerprint density at radius 1 is 1.20 bits per heavy atom. The molecule has 0 aliphatic heterocycles. The number of aromatic nitrogens is 3. The highest BCUT2D eigenvalue weighted by molar-refractivity contribution is 6.31. The van der Waals surface area contributed by atoms with Crippen molar-refractivity contribution in [3.63, 3.8) is 0 Å². The summed E-state index contributed by atoms with van der Waals surface area (Å²) in [7, 11) is 0. The molecule has 0 spiro atoms. The number of fused-ring (bicyclic) bond motifs is 1. The van der Waals surface area contributed by atoms with Crippen LogP contribution in [0.25, 0.3) is 11.0 Å². The highest BCUT2D eigenvalue weighted by Gasteiger charge is 2.13. The van der Waals surface area contributed by atoms with E-state index in [4.69, 9.17) is 16.0 Å². The molecule has 0 aliphatic rings. The summed E-state index contributed by atoms with van der Waals surface area (Å²) in [5, 5.41) is 8.30. The molecule has 2 aromatic heterocycles. The summed E-state index contributed by atoms with van der Waals surface area (Å²) in [6.07, 6.45) is 3.13. The van der Waals surface area contributed by atoms with E-state index in [9.17, 15) is 4.79 Å². The van der Waals surface area contributed by atoms with Crippen LogP contribution in [0.5, 0.6) is 0 Å². The summed E-state index contributed by atoms with van der Waals surface area (Å²) < 4.78 is 7.29. The molecule has 6 nitrogen and oxygen atoms in total. The molecular weight excluding hydrogens is 340 g/mol. The second-order valence-electron chi connectivity index (χ2n) is 5.54. The minimum absolute atomic E-state index is 0.235. The van der Waals surface area contributed by atoms with Crippen molar-refractivity contribution in [2.24, 2.45) is 0 Å². The Morgan fingerprint density at radius 3 is 2.96 bits per heavy atom. The lowest BCUT2D eigenvalue weighted by atomic mass is 10.2. The standard InChI is InChI=1S/C18H13ClN4O2/c19-14-4-5-16-13(7-14)8-17(25-16)18(24)22-15-3-1-2-12(6-15)9-23-11-20-10-21-23/h1-8,10-11H,9H2,(H,22,24). The summed E-state index contributed by atoms with van der Waals surface area (Å²) in [4.78, 5) is 16.3. The molecule has 0 atom stereocenters. The molecular formula is C18H13ClN4O2. The fraction of sp³-hybridized carbons (Fsp3) is 0.0556. The van der Waals surface area contributed by atoms with Gasteiger partial charge in [0, 0.05) is 16.1 Å². The van der Waals surface area contributed by atoms with E-state index in [2.05, 4.69) is 15.4 Å². The lowest BCUT2D eigenvalue weighted by molar-refractivity contribution is 0.0998. The van der Waals surface area contributed by atoms with Crippen LogP contribution >= 0.6 is 11.6 Å². The number of halogens is 1. The molecule has 1 amide bonds. The maximum absolute atomic E-state index is 12.4. The Hall–Kier alpha value is -3.12. The number of nitrogens with one attached hydrogen (secondary N) is 1. The predicted octanol–water partition coefficient (Wildman–Crippen LogP) is 3.98. The Morgan fingerprint density at radius 2 is 2.12 bits per heavy atom. The first kappa shape index (κ1) is 15.4. The van der Waals surface area contributed by atoms with Gasteiger partial charge in [-0.1, -0.05) is 23.7 Å². The third-order valence-electron chi connectivity index (χ3n) is 3.70. The van der Waals surface area contributed by atoms with Crippen LogP contribution in [0.2, 0.25) is 5.02 Å². The van der Waals surface area contributed by atoms with Crippen molar-refractivity contribution >= 4 is 34.2 Å². The maximum atomic E-state index is 12.4. The highest BCUT2D eigenvalue weighted by atomic mass is 35.5. The number of carbonyl (C=O) groups is 1. The Balaban J connectivity index is 1.53. The van der Waals surface area contributed by atoms with E-state index in [1.807, 2.05) is 24.3 Å². The average molecular weight is 353 g/mol.